The largest absolute Gasteiger partial charge is 0.457 e. The molecule has 4 heteroatoms. The molecule has 0 bridgehead atoms. The number of hydrogen-bond donors (Lipinski definition) is 1. The van der Waals surface area contributed by atoms with Crippen LogP contribution in [0.2, 0.25) is 0 Å². The fourth-order valence-electron chi connectivity index (χ4n) is 1.47. The number of ether oxygens (including phenoxy) is 1. The molecule has 0 radical (unpaired) electrons. The van der Waals surface area contributed by atoms with Crippen molar-refractivity contribution in [1.29, 1.82) is 0 Å². The molecule has 0 unspecified atom stereocenters. The van der Waals surface area contributed by atoms with E-state index in [2.05, 4.69) is 5.32 Å². The summed E-state index contributed by atoms with van der Waals surface area (Å²) in [6.07, 6.45) is 0. The Morgan fingerprint density at radius 3 is 2.22 bits per heavy atom. The molecule has 3 nitrogen and oxygen atoms in total. The summed E-state index contributed by atoms with van der Waals surface area (Å²) in [5.41, 5.74) is 0.962. The maximum atomic E-state index is 10.6. The number of rotatable bonds is 4. The van der Waals surface area contributed by atoms with Crippen LogP contribution in [0.15, 0.2) is 54.6 Å². The van der Waals surface area contributed by atoms with Crippen LogP contribution in [0.3, 0.4) is 0 Å². The molecule has 0 saturated heterocycles. The smallest absolute Gasteiger partial charge is 0.314 e. The molecule has 92 valence electrons. The first-order chi connectivity index (χ1) is 8.74. The normalized spacial score (nSPS) is 9.83. The number of amides is 1. The molecule has 0 aliphatic carbocycles. The molecule has 0 saturated carbocycles. The van der Waals surface area contributed by atoms with Gasteiger partial charge in [-0.3, -0.25) is 4.79 Å². The van der Waals surface area contributed by atoms with Crippen LogP contribution < -0.4 is 10.1 Å². The Hall–Kier alpha value is -2.00. The zero-order chi connectivity index (χ0) is 12.8. The van der Waals surface area contributed by atoms with Crippen LogP contribution in [0.4, 0.5) is 4.79 Å². The molecule has 0 aromatic heterocycles. The number of hydrogen-bond acceptors (Lipinski definition) is 2. The van der Waals surface area contributed by atoms with Crippen molar-refractivity contribution < 1.29 is 9.53 Å². The molecular weight excluding hydrogens is 250 g/mol. The van der Waals surface area contributed by atoms with E-state index in [4.69, 9.17) is 16.3 Å². The molecule has 0 aliphatic heterocycles. The molecule has 2 rings (SSSR count). The molecule has 0 atom stereocenters. The van der Waals surface area contributed by atoms with Gasteiger partial charge in [-0.05, 0) is 41.4 Å². The summed E-state index contributed by atoms with van der Waals surface area (Å²) in [5, 5.41) is 1.96. The molecule has 0 aliphatic rings. The Kier molecular flexibility index (Phi) is 4.20. The Bertz CT molecular complexity index is 511. The van der Waals surface area contributed by atoms with Crippen LogP contribution in [-0.2, 0) is 6.54 Å². The van der Waals surface area contributed by atoms with Crippen molar-refractivity contribution in [2.45, 2.75) is 6.54 Å². The van der Waals surface area contributed by atoms with Crippen molar-refractivity contribution in [2.75, 3.05) is 0 Å². The number of carbonyl (C=O) groups excluding carboxylic acids is 1. The van der Waals surface area contributed by atoms with Gasteiger partial charge in [-0.2, -0.15) is 0 Å². The number of benzene rings is 2. The van der Waals surface area contributed by atoms with E-state index in [0.717, 1.165) is 17.1 Å². The predicted molar refractivity (Wildman–Crippen MR) is 71.0 cm³/mol. The van der Waals surface area contributed by atoms with Gasteiger partial charge >= 0.3 is 5.37 Å². The van der Waals surface area contributed by atoms with Crippen molar-refractivity contribution in [2.24, 2.45) is 0 Å². The first-order valence-corrected chi connectivity index (χ1v) is 5.87. The van der Waals surface area contributed by atoms with Gasteiger partial charge < -0.3 is 10.1 Å². The molecule has 2 aromatic rings. The molecule has 1 N–H and O–H groups in total. The maximum Gasteiger partial charge on any atom is 0.314 e. The van der Waals surface area contributed by atoms with Gasteiger partial charge in [0.05, 0.1) is 0 Å². The highest BCUT2D eigenvalue weighted by molar-refractivity contribution is 6.62. The average Bonchev–Trinajstić information content (AvgIpc) is 2.39. The minimum Gasteiger partial charge on any atom is -0.457 e. The summed E-state index contributed by atoms with van der Waals surface area (Å²) in [4.78, 5) is 10.6. The lowest BCUT2D eigenvalue weighted by atomic mass is 10.2. The van der Waals surface area contributed by atoms with Gasteiger partial charge in [0, 0.05) is 6.54 Å². The summed E-state index contributed by atoms with van der Waals surface area (Å²) >= 11 is 5.19. The minimum absolute atomic E-state index is 0.411. The fourth-order valence-corrected chi connectivity index (χ4v) is 1.54. The third-order valence-electron chi connectivity index (χ3n) is 2.33. The van der Waals surface area contributed by atoms with E-state index in [0.29, 0.717) is 6.54 Å². The first kappa shape index (κ1) is 12.5. The summed E-state index contributed by atoms with van der Waals surface area (Å²) in [5.74, 6) is 1.54. The van der Waals surface area contributed by atoms with Crippen molar-refractivity contribution >= 4 is 17.0 Å². The van der Waals surface area contributed by atoms with E-state index in [1.807, 2.05) is 54.6 Å². The molecule has 2 aromatic carbocycles. The SMILES string of the molecule is O=C(Cl)NCc1ccc(Oc2ccccc2)cc1. The summed E-state index contributed by atoms with van der Waals surface area (Å²) in [7, 11) is 0. The third kappa shape index (κ3) is 3.79. The average molecular weight is 262 g/mol. The van der Waals surface area contributed by atoms with Gasteiger partial charge in [0.1, 0.15) is 11.5 Å². The Morgan fingerprint density at radius 2 is 1.61 bits per heavy atom. The van der Waals surface area contributed by atoms with Crippen molar-refractivity contribution in [1.82, 2.24) is 5.32 Å². The number of halogens is 1. The van der Waals surface area contributed by atoms with Gasteiger partial charge in [0.25, 0.3) is 0 Å². The summed E-state index contributed by atoms with van der Waals surface area (Å²) in [6, 6.07) is 17.0. The zero-order valence-electron chi connectivity index (χ0n) is 9.60. The molecule has 0 fully saturated rings. The van der Waals surface area contributed by atoms with E-state index in [1.54, 1.807) is 0 Å². The number of nitrogens with one attached hydrogen (secondary N) is 1. The number of para-hydroxylation sites is 1. The second-order valence-electron chi connectivity index (χ2n) is 3.69. The van der Waals surface area contributed by atoms with E-state index < -0.39 is 5.37 Å². The summed E-state index contributed by atoms with van der Waals surface area (Å²) < 4.78 is 5.65. The van der Waals surface area contributed by atoms with Crippen LogP contribution in [0.1, 0.15) is 5.56 Å². The molecule has 0 heterocycles. The van der Waals surface area contributed by atoms with Crippen molar-refractivity contribution in [3.8, 4) is 11.5 Å². The molecular formula is C14H12ClNO2. The van der Waals surface area contributed by atoms with E-state index in [1.165, 1.54) is 0 Å². The highest BCUT2D eigenvalue weighted by Crippen LogP contribution is 2.20. The van der Waals surface area contributed by atoms with Gasteiger partial charge in [-0.1, -0.05) is 30.3 Å². The van der Waals surface area contributed by atoms with Gasteiger partial charge in [0.15, 0.2) is 0 Å². The highest BCUT2D eigenvalue weighted by atomic mass is 35.5. The molecule has 18 heavy (non-hydrogen) atoms. The Labute approximate surface area is 110 Å². The van der Waals surface area contributed by atoms with Gasteiger partial charge in [0.2, 0.25) is 0 Å². The van der Waals surface area contributed by atoms with E-state index >= 15 is 0 Å². The predicted octanol–water partition coefficient (Wildman–Crippen LogP) is 3.93. The lowest BCUT2D eigenvalue weighted by molar-refractivity contribution is 0.259. The van der Waals surface area contributed by atoms with Crippen molar-refractivity contribution in [3.05, 3.63) is 60.2 Å². The van der Waals surface area contributed by atoms with E-state index in [9.17, 15) is 4.79 Å². The van der Waals surface area contributed by atoms with E-state index in [-0.39, 0.29) is 0 Å². The lowest BCUT2D eigenvalue weighted by Gasteiger charge is -2.06. The zero-order valence-corrected chi connectivity index (χ0v) is 10.4. The third-order valence-corrected chi connectivity index (χ3v) is 2.47. The Morgan fingerprint density at radius 1 is 1.00 bits per heavy atom. The molecule has 0 spiro atoms. The fraction of sp³-hybridized carbons (Fsp3) is 0.0714. The summed E-state index contributed by atoms with van der Waals surface area (Å²) in [6.45, 7) is 0.411. The van der Waals surface area contributed by atoms with Crippen LogP contribution in [0, 0.1) is 0 Å². The van der Waals surface area contributed by atoms with Crippen molar-refractivity contribution in [3.63, 3.8) is 0 Å². The monoisotopic (exact) mass is 261 g/mol. The van der Waals surface area contributed by atoms with Crippen LogP contribution in [0.5, 0.6) is 11.5 Å². The Balaban J connectivity index is 1.97. The second kappa shape index (κ2) is 6.07. The highest BCUT2D eigenvalue weighted by Gasteiger charge is 1.98. The number of carbonyl (C=O) groups is 1. The van der Waals surface area contributed by atoms with Gasteiger partial charge in [-0.25, -0.2) is 0 Å². The topological polar surface area (TPSA) is 38.3 Å². The molecule has 1 amide bonds. The second-order valence-corrected chi connectivity index (χ2v) is 4.03. The minimum atomic E-state index is -0.556. The standard InChI is InChI=1S/C14H12ClNO2/c15-14(17)16-10-11-6-8-13(9-7-11)18-12-4-2-1-3-5-12/h1-9H,10H2,(H,16,17). The van der Waals surface area contributed by atoms with Gasteiger partial charge in [-0.15, -0.1) is 0 Å². The van der Waals surface area contributed by atoms with Crippen LogP contribution in [-0.4, -0.2) is 5.37 Å². The maximum absolute atomic E-state index is 10.6. The quantitative estimate of drug-likeness (QED) is 0.669. The lowest BCUT2D eigenvalue weighted by Crippen LogP contribution is -2.15. The van der Waals surface area contributed by atoms with Crippen LogP contribution >= 0.6 is 11.6 Å². The first-order valence-electron chi connectivity index (χ1n) is 5.49. The van der Waals surface area contributed by atoms with Crippen LogP contribution in [0.25, 0.3) is 0 Å².